The Morgan fingerprint density at radius 2 is 2.00 bits per heavy atom. The van der Waals surface area contributed by atoms with Gasteiger partial charge in [0.2, 0.25) is 0 Å². The van der Waals surface area contributed by atoms with Crippen molar-refractivity contribution in [3.8, 4) is 0 Å². The number of pyridine rings is 1. The molecule has 0 amide bonds. The number of fused-ring (bicyclic) bond motifs is 1. The number of nitrogens with one attached hydrogen (secondary N) is 1. The maximum Gasteiger partial charge on any atom is 0.0426 e. The highest BCUT2D eigenvalue weighted by atomic mass is 15.0. The Morgan fingerprint density at radius 3 is 2.67 bits per heavy atom. The molecule has 0 spiro atoms. The van der Waals surface area contributed by atoms with E-state index in [2.05, 4.69) is 43.2 Å². The molecule has 0 fully saturated rings. The van der Waals surface area contributed by atoms with E-state index in [-0.39, 0.29) is 5.54 Å². The van der Waals surface area contributed by atoms with Gasteiger partial charge in [-0.3, -0.25) is 4.98 Å². The third kappa shape index (κ3) is 2.40. The lowest BCUT2D eigenvalue weighted by atomic mass is 10.00. The van der Waals surface area contributed by atoms with Crippen molar-refractivity contribution in [2.45, 2.75) is 39.7 Å². The molecule has 0 bridgehead atoms. The van der Waals surface area contributed by atoms with Crippen molar-refractivity contribution >= 4 is 22.1 Å². The van der Waals surface area contributed by atoms with Crippen LogP contribution in [0.25, 0.3) is 10.8 Å². The summed E-state index contributed by atoms with van der Waals surface area (Å²) in [4.78, 5) is 4.32. The number of aryl methyl sites for hydroxylation is 1. The molecule has 2 aromatic rings. The summed E-state index contributed by atoms with van der Waals surface area (Å²) < 4.78 is 0. The molecule has 1 aromatic carbocycles. The minimum absolute atomic E-state index is 0.0697. The minimum Gasteiger partial charge on any atom is -0.398 e. The Balaban J connectivity index is 2.58. The van der Waals surface area contributed by atoms with E-state index in [9.17, 15) is 0 Å². The molecule has 1 aromatic heterocycles. The van der Waals surface area contributed by atoms with Crippen molar-refractivity contribution < 1.29 is 0 Å². The fourth-order valence-corrected chi connectivity index (χ4v) is 1.93. The second-order valence-corrected chi connectivity index (χ2v) is 5.44. The predicted molar refractivity (Wildman–Crippen MR) is 78.9 cm³/mol. The van der Waals surface area contributed by atoms with Gasteiger partial charge >= 0.3 is 0 Å². The lowest BCUT2D eigenvalue weighted by molar-refractivity contribution is 0.548. The Hall–Kier alpha value is -1.77. The van der Waals surface area contributed by atoms with Gasteiger partial charge in [0.15, 0.2) is 0 Å². The van der Waals surface area contributed by atoms with Gasteiger partial charge in [-0.25, -0.2) is 0 Å². The molecule has 0 atom stereocenters. The summed E-state index contributed by atoms with van der Waals surface area (Å²) >= 11 is 0. The summed E-state index contributed by atoms with van der Waals surface area (Å²) in [5, 5.41) is 5.74. The zero-order valence-electron chi connectivity index (χ0n) is 11.5. The number of anilines is 2. The zero-order chi connectivity index (χ0) is 13.3. The van der Waals surface area contributed by atoms with Crippen molar-refractivity contribution in [3.05, 3.63) is 30.1 Å². The summed E-state index contributed by atoms with van der Waals surface area (Å²) in [7, 11) is 0. The van der Waals surface area contributed by atoms with Crippen LogP contribution in [0.3, 0.4) is 0 Å². The molecule has 3 N–H and O–H groups in total. The number of rotatable bonds is 3. The average Bonchev–Trinajstić information content (AvgIpc) is 2.33. The highest BCUT2D eigenvalue weighted by Gasteiger charge is 2.16. The molecule has 96 valence electrons. The van der Waals surface area contributed by atoms with Gasteiger partial charge in [0.25, 0.3) is 0 Å². The maximum atomic E-state index is 6.00. The first-order valence-corrected chi connectivity index (χ1v) is 6.36. The van der Waals surface area contributed by atoms with E-state index in [0.29, 0.717) is 0 Å². The number of aromatic nitrogens is 1. The number of hydrogen-bond acceptors (Lipinski definition) is 3. The molecule has 18 heavy (non-hydrogen) atoms. The van der Waals surface area contributed by atoms with E-state index in [1.165, 1.54) is 0 Å². The molecule has 3 nitrogen and oxygen atoms in total. The molecule has 0 unspecified atom stereocenters. The summed E-state index contributed by atoms with van der Waals surface area (Å²) in [6, 6.07) is 6.07. The van der Waals surface area contributed by atoms with Crippen molar-refractivity contribution in [1.82, 2.24) is 4.98 Å². The Kier molecular flexibility index (Phi) is 3.16. The van der Waals surface area contributed by atoms with Gasteiger partial charge in [0, 0.05) is 39.6 Å². The van der Waals surface area contributed by atoms with Crippen LogP contribution in [-0.4, -0.2) is 10.5 Å². The van der Waals surface area contributed by atoms with Gasteiger partial charge in [-0.2, -0.15) is 0 Å². The standard InChI is InChI=1S/C15H21N3/c1-5-15(3,4)18-14-7-6-13(16)12-9-17-10(2)8-11(12)14/h6-9,18H,5,16H2,1-4H3. The molecular formula is C15H21N3. The van der Waals surface area contributed by atoms with E-state index in [4.69, 9.17) is 5.73 Å². The van der Waals surface area contributed by atoms with Crippen LogP contribution in [0, 0.1) is 6.92 Å². The van der Waals surface area contributed by atoms with Gasteiger partial charge in [0.1, 0.15) is 0 Å². The normalized spacial score (nSPS) is 11.8. The lowest BCUT2D eigenvalue weighted by Crippen LogP contribution is -2.29. The molecular weight excluding hydrogens is 222 g/mol. The topological polar surface area (TPSA) is 50.9 Å². The number of benzene rings is 1. The first-order valence-electron chi connectivity index (χ1n) is 6.36. The second-order valence-electron chi connectivity index (χ2n) is 5.44. The lowest BCUT2D eigenvalue weighted by Gasteiger charge is -2.27. The summed E-state index contributed by atoms with van der Waals surface area (Å²) in [5.41, 5.74) is 8.98. The molecule has 0 radical (unpaired) electrons. The molecule has 0 aliphatic heterocycles. The zero-order valence-corrected chi connectivity index (χ0v) is 11.5. The van der Waals surface area contributed by atoms with Crippen molar-refractivity contribution in [2.75, 3.05) is 11.1 Å². The second kappa shape index (κ2) is 4.48. The molecule has 1 heterocycles. The van der Waals surface area contributed by atoms with Crippen LogP contribution in [0.4, 0.5) is 11.4 Å². The average molecular weight is 243 g/mol. The van der Waals surface area contributed by atoms with Gasteiger partial charge in [-0.15, -0.1) is 0 Å². The first kappa shape index (κ1) is 12.7. The molecule has 0 saturated heterocycles. The van der Waals surface area contributed by atoms with Gasteiger partial charge < -0.3 is 11.1 Å². The van der Waals surface area contributed by atoms with E-state index >= 15 is 0 Å². The van der Waals surface area contributed by atoms with Gasteiger partial charge in [0.05, 0.1) is 0 Å². The maximum absolute atomic E-state index is 6.00. The number of nitrogen functional groups attached to an aromatic ring is 1. The molecule has 0 aliphatic rings. The fraction of sp³-hybridized carbons (Fsp3) is 0.400. The Bertz CT molecular complexity index is 573. The van der Waals surface area contributed by atoms with Crippen LogP contribution in [0.5, 0.6) is 0 Å². The number of hydrogen-bond donors (Lipinski definition) is 2. The largest absolute Gasteiger partial charge is 0.398 e. The molecule has 2 rings (SSSR count). The smallest absolute Gasteiger partial charge is 0.0426 e. The fourth-order valence-electron chi connectivity index (χ4n) is 1.93. The third-order valence-corrected chi connectivity index (χ3v) is 3.43. The molecule has 0 aliphatic carbocycles. The predicted octanol–water partition coefficient (Wildman–Crippen LogP) is 3.73. The minimum atomic E-state index is 0.0697. The van der Waals surface area contributed by atoms with E-state index in [1.54, 1.807) is 0 Å². The van der Waals surface area contributed by atoms with Gasteiger partial charge in [-0.05, 0) is 45.4 Å². The summed E-state index contributed by atoms with van der Waals surface area (Å²) in [6.45, 7) is 8.57. The Morgan fingerprint density at radius 1 is 1.28 bits per heavy atom. The van der Waals surface area contributed by atoms with Crippen LogP contribution in [-0.2, 0) is 0 Å². The van der Waals surface area contributed by atoms with E-state index in [0.717, 1.165) is 34.3 Å². The summed E-state index contributed by atoms with van der Waals surface area (Å²) in [6.07, 6.45) is 2.91. The van der Waals surface area contributed by atoms with Crippen molar-refractivity contribution in [3.63, 3.8) is 0 Å². The van der Waals surface area contributed by atoms with Crippen molar-refractivity contribution in [1.29, 1.82) is 0 Å². The first-order chi connectivity index (χ1) is 8.43. The van der Waals surface area contributed by atoms with Gasteiger partial charge in [-0.1, -0.05) is 6.92 Å². The quantitative estimate of drug-likeness (QED) is 0.808. The highest BCUT2D eigenvalue weighted by Crippen LogP contribution is 2.30. The van der Waals surface area contributed by atoms with Crippen molar-refractivity contribution in [2.24, 2.45) is 0 Å². The SMILES string of the molecule is CCC(C)(C)Nc1ccc(N)c2cnc(C)cc12. The molecule has 3 heteroatoms. The van der Waals surface area contributed by atoms with E-state index in [1.807, 2.05) is 19.2 Å². The highest BCUT2D eigenvalue weighted by molar-refractivity contribution is 6.00. The van der Waals surface area contributed by atoms with E-state index < -0.39 is 0 Å². The number of nitrogens with zero attached hydrogens (tertiary/aromatic N) is 1. The van der Waals surface area contributed by atoms with Crippen LogP contribution in [0.1, 0.15) is 32.9 Å². The molecule has 0 saturated carbocycles. The van der Waals surface area contributed by atoms with Crippen LogP contribution >= 0.6 is 0 Å². The number of nitrogens with two attached hydrogens (primary N) is 1. The van der Waals surface area contributed by atoms with Crippen LogP contribution in [0.2, 0.25) is 0 Å². The summed E-state index contributed by atoms with van der Waals surface area (Å²) in [5.74, 6) is 0. The Labute approximate surface area is 108 Å². The van der Waals surface area contributed by atoms with Crippen LogP contribution < -0.4 is 11.1 Å². The third-order valence-electron chi connectivity index (χ3n) is 3.43. The van der Waals surface area contributed by atoms with Crippen LogP contribution in [0.15, 0.2) is 24.4 Å². The monoisotopic (exact) mass is 243 g/mol.